The monoisotopic (exact) mass is 759 g/mol. The van der Waals surface area contributed by atoms with Crippen LogP contribution in [0.5, 0.6) is 0 Å². The molecule has 0 heterocycles. The van der Waals surface area contributed by atoms with Gasteiger partial charge in [-0.05, 0) is 12.8 Å². The molecule has 0 amide bonds. The van der Waals surface area contributed by atoms with Gasteiger partial charge in [-0.1, -0.05) is 181 Å². The lowest BCUT2D eigenvalue weighted by atomic mass is 10.0. The van der Waals surface area contributed by atoms with E-state index in [4.69, 9.17) is 33.2 Å². The number of carbonyl (C=O) groups is 1. The zero-order valence-corrected chi connectivity index (χ0v) is 35.5. The van der Waals surface area contributed by atoms with Crippen LogP contribution in [0.2, 0.25) is 0 Å². The molecule has 0 aliphatic rings. The maximum absolute atomic E-state index is 11.9. The zero-order valence-electron chi connectivity index (χ0n) is 35.5. The number of esters is 1. The highest BCUT2D eigenvalue weighted by atomic mass is 16.6. The van der Waals surface area contributed by atoms with Crippen LogP contribution in [0.15, 0.2) is 0 Å². The lowest BCUT2D eigenvalue weighted by Gasteiger charge is -2.08. The molecule has 0 aromatic rings. The van der Waals surface area contributed by atoms with Gasteiger partial charge in [-0.25, -0.2) is 0 Å². The van der Waals surface area contributed by atoms with E-state index < -0.39 is 0 Å². The molecular weight excluding hydrogens is 668 g/mol. The van der Waals surface area contributed by atoms with Gasteiger partial charge in [0.05, 0.1) is 72.7 Å². The fourth-order valence-corrected chi connectivity index (χ4v) is 6.35. The third-order valence-electron chi connectivity index (χ3n) is 9.73. The molecule has 53 heavy (non-hydrogen) atoms. The van der Waals surface area contributed by atoms with Crippen LogP contribution in [0.4, 0.5) is 0 Å². The van der Waals surface area contributed by atoms with Gasteiger partial charge in [-0.2, -0.15) is 0 Å². The fourth-order valence-electron chi connectivity index (χ4n) is 6.35. The number of hydrogen-bond donors (Lipinski definition) is 0. The van der Waals surface area contributed by atoms with E-state index in [2.05, 4.69) is 13.8 Å². The molecule has 0 saturated carbocycles. The maximum Gasteiger partial charge on any atom is 0.305 e. The van der Waals surface area contributed by atoms with E-state index in [1.165, 1.54) is 161 Å². The summed E-state index contributed by atoms with van der Waals surface area (Å²) in [6.07, 6.45) is 38.2. The Balaban J connectivity index is 3.12. The highest BCUT2D eigenvalue weighted by Crippen LogP contribution is 2.14. The van der Waals surface area contributed by atoms with Gasteiger partial charge in [0.25, 0.3) is 0 Å². The normalized spacial score (nSPS) is 11.5. The number of hydrogen-bond acceptors (Lipinski definition) is 8. The van der Waals surface area contributed by atoms with Crippen LogP contribution in [0, 0.1) is 0 Å². The van der Waals surface area contributed by atoms with Gasteiger partial charge in [0.2, 0.25) is 0 Å². The lowest BCUT2D eigenvalue weighted by Crippen LogP contribution is -2.15. The summed E-state index contributed by atoms with van der Waals surface area (Å²) >= 11 is 0. The molecular formula is C45H90O8. The van der Waals surface area contributed by atoms with E-state index in [-0.39, 0.29) is 5.97 Å². The van der Waals surface area contributed by atoms with Gasteiger partial charge in [-0.3, -0.25) is 4.79 Å². The van der Waals surface area contributed by atoms with Crippen molar-refractivity contribution in [1.82, 2.24) is 0 Å². The molecule has 0 aromatic heterocycles. The van der Waals surface area contributed by atoms with Gasteiger partial charge >= 0.3 is 5.97 Å². The average Bonchev–Trinajstić information content (AvgIpc) is 3.16. The van der Waals surface area contributed by atoms with Crippen LogP contribution in [0.25, 0.3) is 0 Å². The van der Waals surface area contributed by atoms with Crippen LogP contribution in [0.1, 0.15) is 200 Å². The Labute approximate surface area is 329 Å². The van der Waals surface area contributed by atoms with Gasteiger partial charge in [0.15, 0.2) is 0 Å². The molecule has 0 spiro atoms. The molecule has 318 valence electrons. The molecule has 8 nitrogen and oxygen atoms in total. The van der Waals surface area contributed by atoms with Crippen LogP contribution in [-0.4, -0.2) is 91.9 Å². The second-order valence-corrected chi connectivity index (χ2v) is 14.8. The Morgan fingerprint density at radius 3 is 0.792 bits per heavy atom. The van der Waals surface area contributed by atoms with E-state index in [0.717, 1.165) is 25.9 Å². The Hall–Kier alpha value is -0.770. The minimum absolute atomic E-state index is 0.117. The Morgan fingerprint density at radius 1 is 0.264 bits per heavy atom. The SMILES string of the molecule is CCCCCCCCCCCCCCCCCC(=O)OCCOCCOCCOCCOCCOCCOCCCCCCCCCCCCCCC. The van der Waals surface area contributed by atoms with E-state index in [1.54, 1.807) is 0 Å². The predicted octanol–water partition coefficient (Wildman–Crippen LogP) is 12.0. The molecule has 0 fully saturated rings. The summed E-state index contributed by atoms with van der Waals surface area (Å²) < 4.78 is 38.6. The van der Waals surface area contributed by atoms with E-state index in [9.17, 15) is 4.79 Å². The van der Waals surface area contributed by atoms with Crippen molar-refractivity contribution in [2.45, 2.75) is 200 Å². The number of rotatable bonds is 48. The largest absolute Gasteiger partial charge is 0.463 e. The third-order valence-corrected chi connectivity index (χ3v) is 9.73. The molecule has 0 atom stereocenters. The minimum atomic E-state index is -0.117. The average molecular weight is 759 g/mol. The van der Waals surface area contributed by atoms with Crippen LogP contribution in [-0.2, 0) is 38.0 Å². The van der Waals surface area contributed by atoms with Crippen LogP contribution in [0.3, 0.4) is 0 Å². The van der Waals surface area contributed by atoms with Gasteiger partial charge in [0, 0.05) is 13.0 Å². The summed E-state index contributed by atoms with van der Waals surface area (Å²) in [6, 6.07) is 0. The summed E-state index contributed by atoms with van der Waals surface area (Å²) in [7, 11) is 0. The highest BCUT2D eigenvalue weighted by molar-refractivity contribution is 5.69. The number of unbranched alkanes of at least 4 members (excludes halogenated alkanes) is 26. The summed E-state index contributed by atoms with van der Waals surface area (Å²) in [5.41, 5.74) is 0. The van der Waals surface area contributed by atoms with Gasteiger partial charge in [0.1, 0.15) is 6.61 Å². The Bertz CT molecular complexity index is 664. The molecule has 0 aliphatic heterocycles. The topological polar surface area (TPSA) is 81.7 Å². The minimum Gasteiger partial charge on any atom is -0.463 e. The number of ether oxygens (including phenoxy) is 7. The van der Waals surface area contributed by atoms with E-state index in [1.807, 2.05) is 0 Å². The molecule has 0 N–H and O–H groups in total. The second kappa shape index (κ2) is 49.2. The first-order valence-corrected chi connectivity index (χ1v) is 22.9. The standard InChI is InChI=1S/C45H90O8/c1-3-5-7-9-11-13-15-17-18-19-21-23-25-27-29-31-45(46)53-44-43-52-42-41-51-40-39-50-38-37-49-36-35-48-34-33-47-32-30-28-26-24-22-20-16-14-12-10-8-6-4-2/h3-44H2,1-2H3. The Kier molecular flexibility index (Phi) is 48.5. The smallest absolute Gasteiger partial charge is 0.305 e. The molecule has 8 heteroatoms. The van der Waals surface area contributed by atoms with Crippen molar-refractivity contribution in [1.29, 1.82) is 0 Å². The molecule has 0 saturated heterocycles. The molecule has 0 radical (unpaired) electrons. The summed E-state index contributed by atoms with van der Waals surface area (Å²) in [5.74, 6) is -0.117. The van der Waals surface area contributed by atoms with E-state index >= 15 is 0 Å². The third kappa shape index (κ3) is 49.2. The highest BCUT2D eigenvalue weighted by Gasteiger charge is 2.03. The molecule has 0 rings (SSSR count). The Morgan fingerprint density at radius 2 is 0.491 bits per heavy atom. The first-order chi connectivity index (χ1) is 26.3. The summed E-state index contributed by atoms with van der Waals surface area (Å²) in [4.78, 5) is 11.9. The summed E-state index contributed by atoms with van der Waals surface area (Å²) in [5, 5.41) is 0. The van der Waals surface area contributed by atoms with Crippen molar-refractivity contribution in [2.24, 2.45) is 0 Å². The van der Waals surface area contributed by atoms with Crippen molar-refractivity contribution >= 4 is 5.97 Å². The zero-order chi connectivity index (χ0) is 38.2. The van der Waals surface area contributed by atoms with Crippen LogP contribution < -0.4 is 0 Å². The second-order valence-electron chi connectivity index (χ2n) is 14.8. The molecule has 0 bridgehead atoms. The fraction of sp³-hybridized carbons (Fsp3) is 0.978. The molecule has 0 aliphatic carbocycles. The van der Waals surface area contributed by atoms with Crippen molar-refractivity contribution in [3.63, 3.8) is 0 Å². The van der Waals surface area contributed by atoms with Crippen molar-refractivity contribution < 1.29 is 38.0 Å². The van der Waals surface area contributed by atoms with Gasteiger partial charge < -0.3 is 33.2 Å². The molecule has 0 aromatic carbocycles. The van der Waals surface area contributed by atoms with Gasteiger partial charge in [-0.15, -0.1) is 0 Å². The van der Waals surface area contributed by atoms with Crippen molar-refractivity contribution in [3.05, 3.63) is 0 Å². The first-order valence-electron chi connectivity index (χ1n) is 22.9. The predicted molar refractivity (Wildman–Crippen MR) is 221 cm³/mol. The first kappa shape index (κ1) is 52.2. The maximum atomic E-state index is 11.9. The van der Waals surface area contributed by atoms with Crippen molar-refractivity contribution in [3.8, 4) is 0 Å². The quantitative estimate of drug-likeness (QED) is 0.0448. The lowest BCUT2D eigenvalue weighted by molar-refractivity contribution is -0.145. The number of carbonyl (C=O) groups excluding carboxylic acids is 1. The molecule has 0 unspecified atom stereocenters. The van der Waals surface area contributed by atoms with Crippen LogP contribution >= 0.6 is 0 Å². The summed E-state index contributed by atoms with van der Waals surface area (Å²) in [6.45, 7) is 11.6. The van der Waals surface area contributed by atoms with E-state index in [0.29, 0.717) is 85.7 Å². The van der Waals surface area contributed by atoms with Crippen molar-refractivity contribution in [2.75, 3.05) is 85.9 Å².